The predicted molar refractivity (Wildman–Crippen MR) is 106 cm³/mol. The smallest absolute Gasteiger partial charge is 0.245 e. The number of amides is 1. The fraction of sp³-hybridized carbons (Fsp3) is 0.545. The van der Waals surface area contributed by atoms with E-state index >= 15 is 0 Å². The number of carbonyl (C=O) groups excluding carboxylic acids is 1. The largest absolute Gasteiger partial charge is 0.329 e. The molecule has 1 aromatic carbocycles. The van der Waals surface area contributed by atoms with Gasteiger partial charge in [-0.15, -0.1) is 0 Å². The molecule has 1 amide bonds. The number of rotatable bonds is 3. The van der Waals surface area contributed by atoms with E-state index in [2.05, 4.69) is 53.1 Å². The van der Waals surface area contributed by atoms with E-state index in [-0.39, 0.29) is 23.5 Å². The van der Waals surface area contributed by atoms with Crippen LogP contribution in [0.1, 0.15) is 50.6 Å². The quantitative estimate of drug-likeness (QED) is 0.835. The normalized spacial score (nSPS) is 29.2. The van der Waals surface area contributed by atoms with Crippen molar-refractivity contribution in [3.8, 4) is 0 Å². The second kappa shape index (κ2) is 7.47. The van der Waals surface area contributed by atoms with Gasteiger partial charge in [0.2, 0.25) is 5.91 Å². The fourth-order valence-electron chi connectivity index (χ4n) is 5.04. The van der Waals surface area contributed by atoms with Crippen LogP contribution in [0, 0.1) is 0 Å². The Morgan fingerprint density at radius 2 is 2.00 bits per heavy atom. The molecule has 144 valence electrons. The Balaban J connectivity index is 1.71. The lowest BCUT2D eigenvalue weighted by atomic mass is 9.84. The van der Waals surface area contributed by atoms with Crippen molar-refractivity contribution in [3.63, 3.8) is 0 Å². The lowest BCUT2D eigenvalue weighted by Gasteiger charge is -2.43. The molecule has 5 heteroatoms. The Kier molecular flexibility index (Phi) is 5.04. The average molecular weight is 367 g/mol. The molecule has 3 heterocycles. The van der Waals surface area contributed by atoms with Gasteiger partial charge < -0.3 is 4.90 Å². The summed E-state index contributed by atoms with van der Waals surface area (Å²) in [5, 5.41) is 4.25. The predicted octanol–water partition coefficient (Wildman–Crippen LogP) is 3.49. The van der Waals surface area contributed by atoms with Crippen LogP contribution in [0.25, 0.3) is 0 Å². The second-order valence-corrected chi connectivity index (χ2v) is 8.28. The summed E-state index contributed by atoms with van der Waals surface area (Å²) in [4.78, 5) is 18.1. The van der Waals surface area contributed by atoms with Gasteiger partial charge in [0.25, 0.3) is 0 Å². The van der Waals surface area contributed by atoms with Crippen molar-refractivity contribution in [2.24, 2.45) is 0 Å². The van der Waals surface area contributed by atoms with Crippen LogP contribution in [0.2, 0.25) is 0 Å². The molecular formula is C22H30N4O. The molecule has 0 radical (unpaired) electrons. The van der Waals surface area contributed by atoms with Crippen LogP contribution >= 0.6 is 0 Å². The molecule has 2 aliphatic rings. The Labute approximate surface area is 162 Å². The fourth-order valence-corrected chi connectivity index (χ4v) is 5.04. The summed E-state index contributed by atoms with van der Waals surface area (Å²) in [5.74, 6) is 0.176. The number of carbonyl (C=O) groups is 1. The van der Waals surface area contributed by atoms with Gasteiger partial charge in [-0.2, -0.15) is 5.10 Å². The number of likely N-dealkylation sites (N-methyl/N-ethyl adjacent to an activating group) is 1. The first-order valence-electron chi connectivity index (χ1n) is 10.1. The molecule has 3 atom stereocenters. The summed E-state index contributed by atoms with van der Waals surface area (Å²) in [6.07, 6.45) is 9.36. The highest BCUT2D eigenvalue weighted by Crippen LogP contribution is 2.47. The van der Waals surface area contributed by atoms with Crippen LogP contribution in [0.4, 0.5) is 0 Å². The zero-order valence-corrected chi connectivity index (χ0v) is 16.4. The van der Waals surface area contributed by atoms with Crippen LogP contribution in [0.3, 0.4) is 0 Å². The van der Waals surface area contributed by atoms with E-state index in [9.17, 15) is 4.79 Å². The first kappa shape index (κ1) is 18.2. The summed E-state index contributed by atoms with van der Waals surface area (Å²) in [5.41, 5.74) is 1.26. The summed E-state index contributed by atoms with van der Waals surface area (Å²) >= 11 is 0. The van der Waals surface area contributed by atoms with E-state index in [0.29, 0.717) is 6.54 Å². The zero-order chi connectivity index (χ0) is 18.9. The first-order valence-corrected chi connectivity index (χ1v) is 10.1. The molecule has 27 heavy (non-hydrogen) atoms. The third-order valence-corrected chi connectivity index (χ3v) is 6.67. The van der Waals surface area contributed by atoms with E-state index in [1.807, 2.05) is 18.3 Å². The molecule has 0 aliphatic carbocycles. The monoisotopic (exact) mass is 366 g/mol. The molecule has 0 bridgehead atoms. The van der Waals surface area contributed by atoms with Crippen molar-refractivity contribution >= 4 is 5.91 Å². The number of aromatic nitrogens is 2. The Bertz CT molecular complexity index is 760. The van der Waals surface area contributed by atoms with Crippen molar-refractivity contribution in [3.05, 3.63) is 54.4 Å². The molecule has 0 spiro atoms. The molecule has 4 rings (SSSR count). The van der Waals surface area contributed by atoms with E-state index in [0.717, 1.165) is 19.4 Å². The topological polar surface area (TPSA) is 41.4 Å². The standard InChI is InChI=1S/C22H30N4O/c1-22-16-19(18-10-5-3-6-11-18)26(21(27)17-25-15-9-13-23-25)20(22)12-7-4-8-14-24(22)2/h3,5-6,9-11,13,15,19-20H,4,7-8,12,14,16-17H2,1-2H3/t19-,20-,22-/m0/s1. The summed E-state index contributed by atoms with van der Waals surface area (Å²) in [6.45, 7) is 3.78. The first-order chi connectivity index (χ1) is 13.1. The van der Waals surface area contributed by atoms with Gasteiger partial charge in [-0.3, -0.25) is 14.4 Å². The Morgan fingerprint density at radius 3 is 2.74 bits per heavy atom. The van der Waals surface area contributed by atoms with Gasteiger partial charge >= 0.3 is 0 Å². The second-order valence-electron chi connectivity index (χ2n) is 8.28. The Morgan fingerprint density at radius 1 is 1.19 bits per heavy atom. The minimum atomic E-state index is 0.0146. The molecule has 0 unspecified atom stereocenters. The van der Waals surface area contributed by atoms with Gasteiger partial charge in [-0.25, -0.2) is 0 Å². The van der Waals surface area contributed by atoms with Crippen LogP contribution in [-0.4, -0.2) is 50.7 Å². The maximum absolute atomic E-state index is 13.4. The van der Waals surface area contributed by atoms with Crippen molar-refractivity contribution in [1.29, 1.82) is 0 Å². The molecule has 2 aliphatic heterocycles. The van der Waals surface area contributed by atoms with Crippen LogP contribution in [-0.2, 0) is 11.3 Å². The number of likely N-dealkylation sites (tertiary alicyclic amines) is 2. The van der Waals surface area contributed by atoms with Crippen molar-refractivity contribution in [2.75, 3.05) is 13.6 Å². The van der Waals surface area contributed by atoms with Gasteiger partial charge in [-0.1, -0.05) is 43.2 Å². The third-order valence-electron chi connectivity index (χ3n) is 6.67. The summed E-state index contributed by atoms with van der Waals surface area (Å²) in [7, 11) is 2.24. The molecular weight excluding hydrogens is 336 g/mol. The van der Waals surface area contributed by atoms with E-state index in [1.165, 1.54) is 24.8 Å². The molecule has 0 saturated carbocycles. The minimum absolute atomic E-state index is 0.0146. The highest BCUT2D eigenvalue weighted by atomic mass is 16.2. The van der Waals surface area contributed by atoms with E-state index < -0.39 is 0 Å². The maximum atomic E-state index is 13.4. The number of hydrogen-bond acceptors (Lipinski definition) is 3. The number of hydrogen-bond donors (Lipinski definition) is 0. The highest BCUT2D eigenvalue weighted by molar-refractivity contribution is 5.77. The maximum Gasteiger partial charge on any atom is 0.245 e. The number of nitrogens with zero attached hydrogens (tertiary/aromatic N) is 4. The number of fused-ring (bicyclic) bond motifs is 1. The SMILES string of the molecule is CN1CCCCC[C@@H]2N(C(=O)Cn3cccn3)[C@H](c3ccccc3)C[C@@]21C. The van der Waals surface area contributed by atoms with Gasteiger partial charge in [-0.05, 0) is 51.4 Å². The molecule has 2 saturated heterocycles. The van der Waals surface area contributed by atoms with Crippen molar-refractivity contribution in [1.82, 2.24) is 19.6 Å². The lowest BCUT2D eigenvalue weighted by Crippen LogP contribution is -2.55. The van der Waals surface area contributed by atoms with Gasteiger partial charge in [0.05, 0.1) is 12.1 Å². The lowest BCUT2D eigenvalue weighted by molar-refractivity contribution is -0.136. The van der Waals surface area contributed by atoms with Gasteiger partial charge in [0, 0.05) is 17.9 Å². The minimum Gasteiger partial charge on any atom is -0.329 e. The van der Waals surface area contributed by atoms with Crippen LogP contribution in [0.5, 0.6) is 0 Å². The molecule has 1 aromatic heterocycles. The summed E-state index contributed by atoms with van der Waals surface area (Å²) < 4.78 is 1.74. The van der Waals surface area contributed by atoms with Gasteiger partial charge in [0.15, 0.2) is 0 Å². The molecule has 0 N–H and O–H groups in total. The zero-order valence-electron chi connectivity index (χ0n) is 16.4. The molecule has 2 aromatic rings. The summed E-state index contributed by atoms with van der Waals surface area (Å²) in [6, 6.07) is 12.8. The Hall–Kier alpha value is -2.14. The number of benzene rings is 1. The molecule has 2 fully saturated rings. The van der Waals surface area contributed by atoms with Crippen molar-refractivity contribution in [2.45, 2.75) is 63.2 Å². The van der Waals surface area contributed by atoms with E-state index in [4.69, 9.17) is 0 Å². The van der Waals surface area contributed by atoms with Crippen LogP contribution < -0.4 is 0 Å². The van der Waals surface area contributed by atoms with Crippen molar-refractivity contribution < 1.29 is 4.79 Å². The highest BCUT2D eigenvalue weighted by Gasteiger charge is 2.53. The average Bonchev–Trinajstić information content (AvgIpc) is 3.27. The van der Waals surface area contributed by atoms with Crippen LogP contribution in [0.15, 0.2) is 48.8 Å². The third kappa shape index (κ3) is 3.41. The van der Waals surface area contributed by atoms with Gasteiger partial charge in [0.1, 0.15) is 6.54 Å². The molecule has 5 nitrogen and oxygen atoms in total. The van der Waals surface area contributed by atoms with E-state index in [1.54, 1.807) is 10.9 Å².